The van der Waals surface area contributed by atoms with Gasteiger partial charge in [0, 0.05) is 0 Å². The fraction of sp³-hybridized carbons (Fsp3) is 0.950. The molecule has 4 heteroatoms. The molecule has 0 unspecified atom stereocenters. The van der Waals surface area contributed by atoms with Crippen molar-refractivity contribution in [3.63, 3.8) is 0 Å². The summed E-state index contributed by atoms with van der Waals surface area (Å²) < 4.78 is 0. The highest BCUT2D eigenvalue weighted by Crippen LogP contribution is 2.35. The van der Waals surface area contributed by atoms with E-state index < -0.39 is 17.3 Å². The molecule has 262 valence electrons. The lowest BCUT2D eigenvalue weighted by Crippen LogP contribution is -2.39. The first-order chi connectivity index (χ1) is 21.5. The van der Waals surface area contributed by atoms with Gasteiger partial charge >= 0.3 is 5.97 Å². The number of carboxylic acids is 1. The third-order valence-corrected chi connectivity index (χ3v) is 10.0. The van der Waals surface area contributed by atoms with Crippen molar-refractivity contribution in [2.45, 2.75) is 239 Å². The quantitative estimate of drug-likeness (QED) is 0.0677. The minimum atomic E-state index is -0.892. The van der Waals surface area contributed by atoms with Gasteiger partial charge in [-0.2, -0.15) is 0 Å². The molecule has 0 aliphatic heterocycles. The monoisotopic (exact) mass is 622 g/mol. The Kier molecular flexibility index (Phi) is 32.5. The van der Waals surface area contributed by atoms with Gasteiger partial charge < -0.3 is 10.8 Å². The molecule has 0 heterocycles. The zero-order chi connectivity index (χ0) is 32.4. The van der Waals surface area contributed by atoms with E-state index in [1.807, 2.05) is 0 Å². The van der Waals surface area contributed by atoms with E-state index in [0.717, 1.165) is 25.7 Å². The number of rotatable bonds is 37. The Morgan fingerprint density at radius 2 is 0.614 bits per heavy atom. The summed E-state index contributed by atoms with van der Waals surface area (Å²) in [5, 5.41) is 9.56. The van der Waals surface area contributed by atoms with Crippen molar-refractivity contribution in [2.75, 3.05) is 0 Å². The Hall–Kier alpha value is -1.06. The summed E-state index contributed by atoms with van der Waals surface area (Å²) in [5.74, 6) is -1.29. The molecule has 0 fully saturated rings. The van der Waals surface area contributed by atoms with Crippen molar-refractivity contribution in [3.05, 3.63) is 0 Å². The van der Waals surface area contributed by atoms with Crippen LogP contribution in [-0.4, -0.2) is 17.0 Å². The van der Waals surface area contributed by atoms with E-state index in [2.05, 4.69) is 13.8 Å². The predicted molar refractivity (Wildman–Crippen MR) is 192 cm³/mol. The number of hydrogen-bond acceptors (Lipinski definition) is 2. The number of primary amides is 1. The average Bonchev–Trinajstić information content (AvgIpc) is 3.00. The van der Waals surface area contributed by atoms with Crippen LogP contribution in [-0.2, 0) is 9.59 Å². The third-order valence-electron chi connectivity index (χ3n) is 10.0. The standard InChI is InChI=1S/C40H79NO3/c1-3-5-7-9-11-13-15-17-19-21-23-25-27-29-31-33-35-40(39(41)44,37-38(42)43)36-34-32-30-28-26-24-22-20-18-16-14-12-10-8-6-4-2/h3-37H2,1-2H3,(H2,41,44)(H,42,43). The van der Waals surface area contributed by atoms with Crippen LogP contribution >= 0.6 is 0 Å². The largest absolute Gasteiger partial charge is 0.481 e. The minimum absolute atomic E-state index is 0.111. The Bertz CT molecular complexity index is 584. The summed E-state index contributed by atoms with van der Waals surface area (Å²) >= 11 is 0. The normalized spacial score (nSPS) is 11.8. The highest BCUT2D eigenvalue weighted by Gasteiger charge is 2.37. The number of carbonyl (C=O) groups is 2. The molecule has 3 N–H and O–H groups in total. The van der Waals surface area contributed by atoms with Gasteiger partial charge in [0.15, 0.2) is 0 Å². The molecule has 0 bridgehead atoms. The van der Waals surface area contributed by atoms with Gasteiger partial charge in [-0.05, 0) is 12.8 Å². The molecule has 0 rings (SSSR count). The molecule has 0 saturated carbocycles. The van der Waals surface area contributed by atoms with Crippen molar-refractivity contribution in [2.24, 2.45) is 11.1 Å². The Morgan fingerprint density at radius 1 is 0.409 bits per heavy atom. The number of nitrogens with two attached hydrogens (primary N) is 1. The number of unbranched alkanes of at least 4 members (excludes halogenated alkanes) is 30. The first-order valence-electron chi connectivity index (χ1n) is 20.0. The molecule has 0 atom stereocenters. The van der Waals surface area contributed by atoms with Crippen molar-refractivity contribution < 1.29 is 14.7 Å². The van der Waals surface area contributed by atoms with Gasteiger partial charge in [-0.25, -0.2) is 0 Å². The van der Waals surface area contributed by atoms with Gasteiger partial charge in [0.05, 0.1) is 11.8 Å². The van der Waals surface area contributed by atoms with E-state index in [-0.39, 0.29) is 6.42 Å². The number of hydrogen-bond donors (Lipinski definition) is 2. The number of aliphatic carboxylic acids is 1. The van der Waals surface area contributed by atoms with Crippen LogP contribution in [0.3, 0.4) is 0 Å². The molecule has 0 aromatic heterocycles. The first kappa shape index (κ1) is 42.9. The molecule has 4 nitrogen and oxygen atoms in total. The molecular weight excluding hydrogens is 542 g/mol. The summed E-state index contributed by atoms with van der Waals surface area (Å²) in [4.78, 5) is 24.2. The second-order valence-electron chi connectivity index (χ2n) is 14.3. The predicted octanol–water partition coefficient (Wildman–Crippen LogP) is 13.2. The number of amides is 1. The highest BCUT2D eigenvalue weighted by molar-refractivity contribution is 5.85. The van der Waals surface area contributed by atoms with E-state index in [1.54, 1.807) is 0 Å². The van der Waals surface area contributed by atoms with Gasteiger partial charge in [-0.15, -0.1) is 0 Å². The van der Waals surface area contributed by atoms with Gasteiger partial charge in [-0.1, -0.05) is 219 Å². The zero-order valence-electron chi connectivity index (χ0n) is 30.1. The molecule has 0 aromatic carbocycles. The average molecular weight is 622 g/mol. The second kappa shape index (κ2) is 33.3. The molecule has 0 aliphatic rings. The van der Waals surface area contributed by atoms with Crippen LogP contribution in [0.15, 0.2) is 0 Å². The van der Waals surface area contributed by atoms with Crippen molar-refractivity contribution in [3.8, 4) is 0 Å². The Balaban J connectivity index is 3.87. The molecule has 0 radical (unpaired) electrons. The van der Waals surface area contributed by atoms with Gasteiger partial charge in [0.25, 0.3) is 0 Å². The summed E-state index contributed by atoms with van der Waals surface area (Å²) in [5.41, 5.74) is 4.99. The fourth-order valence-electron chi connectivity index (χ4n) is 6.95. The number of carboxylic acid groups (broad SMARTS) is 1. The van der Waals surface area contributed by atoms with E-state index in [0.29, 0.717) is 12.8 Å². The smallest absolute Gasteiger partial charge is 0.304 e. The topological polar surface area (TPSA) is 80.4 Å². The second-order valence-corrected chi connectivity index (χ2v) is 14.3. The van der Waals surface area contributed by atoms with Crippen LogP contribution in [0.25, 0.3) is 0 Å². The van der Waals surface area contributed by atoms with Gasteiger partial charge in [0.1, 0.15) is 0 Å². The fourth-order valence-corrected chi connectivity index (χ4v) is 6.95. The van der Waals surface area contributed by atoms with Crippen LogP contribution in [0.2, 0.25) is 0 Å². The van der Waals surface area contributed by atoms with Crippen LogP contribution in [0, 0.1) is 5.41 Å². The van der Waals surface area contributed by atoms with E-state index in [1.165, 1.54) is 180 Å². The molecule has 44 heavy (non-hydrogen) atoms. The van der Waals surface area contributed by atoms with Crippen LogP contribution in [0.5, 0.6) is 0 Å². The van der Waals surface area contributed by atoms with Crippen LogP contribution in [0.4, 0.5) is 0 Å². The van der Waals surface area contributed by atoms with E-state index in [9.17, 15) is 14.7 Å². The third kappa shape index (κ3) is 28.4. The van der Waals surface area contributed by atoms with E-state index in [4.69, 9.17) is 5.73 Å². The summed E-state index contributed by atoms with van der Waals surface area (Å²) in [6.45, 7) is 4.56. The maximum atomic E-state index is 12.5. The van der Waals surface area contributed by atoms with E-state index >= 15 is 0 Å². The lowest BCUT2D eigenvalue weighted by atomic mass is 9.74. The molecule has 0 spiro atoms. The van der Waals surface area contributed by atoms with Crippen LogP contribution in [0.1, 0.15) is 239 Å². The molecule has 1 amide bonds. The molecule has 0 saturated heterocycles. The Morgan fingerprint density at radius 3 is 0.795 bits per heavy atom. The van der Waals surface area contributed by atoms with Crippen molar-refractivity contribution in [1.29, 1.82) is 0 Å². The molecule has 0 aliphatic carbocycles. The number of carbonyl (C=O) groups excluding carboxylic acids is 1. The summed E-state index contributed by atoms with van der Waals surface area (Å²) in [7, 11) is 0. The SMILES string of the molecule is CCCCCCCCCCCCCCCCCCC(CCCCCCCCCCCCCCCCCC)(CC(=O)O)C(N)=O. The van der Waals surface area contributed by atoms with Gasteiger partial charge in [0.2, 0.25) is 5.91 Å². The summed E-state index contributed by atoms with van der Waals surface area (Å²) in [6, 6.07) is 0. The molecular formula is C40H79NO3. The van der Waals surface area contributed by atoms with Gasteiger partial charge in [-0.3, -0.25) is 9.59 Å². The maximum absolute atomic E-state index is 12.5. The van der Waals surface area contributed by atoms with Crippen molar-refractivity contribution in [1.82, 2.24) is 0 Å². The van der Waals surface area contributed by atoms with Crippen molar-refractivity contribution >= 4 is 11.9 Å². The zero-order valence-corrected chi connectivity index (χ0v) is 30.1. The lowest BCUT2D eigenvalue weighted by Gasteiger charge is -2.29. The Labute approximate surface area is 275 Å². The lowest BCUT2D eigenvalue weighted by molar-refractivity contribution is -0.145. The molecule has 0 aromatic rings. The van der Waals surface area contributed by atoms with Crippen LogP contribution < -0.4 is 5.73 Å². The first-order valence-corrected chi connectivity index (χ1v) is 20.0. The maximum Gasteiger partial charge on any atom is 0.304 e. The highest BCUT2D eigenvalue weighted by atomic mass is 16.4. The summed E-state index contributed by atoms with van der Waals surface area (Å²) in [6.07, 6.45) is 43.1. The minimum Gasteiger partial charge on any atom is -0.481 e.